The normalized spacial score (nSPS) is 49.0. The summed E-state index contributed by atoms with van der Waals surface area (Å²) in [4.78, 5) is 0. The zero-order chi connectivity index (χ0) is 14.1. The van der Waals surface area contributed by atoms with Crippen molar-refractivity contribution in [3.63, 3.8) is 0 Å². The summed E-state index contributed by atoms with van der Waals surface area (Å²) in [5.41, 5.74) is 0. The fourth-order valence-electron chi connectivity index (χ4n) is 5.26. The number of halogens is 2. The Balaban J connectivity index is 1.47. The maximum absolute atomic E-state index is 13.5. The third-order valence-electron chi connectivity index (χ3n) is 6.54. The molecule has 0 aromatic heterocycles. The predicted molar refractivity (Wildman–Crippen MR) is 79.1 cm³/mol. The van der Waals surface area contributed by atoms with Crippen molar-refractivity contribution in [3.05, 3.63) is 0 Å². The molecule has 116 valence electrons. The monoisotopic (exact) mass is 284 g/mol. The van der Waals surface area contributed by atoms with Gasteiger partial charge in [0, 0.05) is 0 Å². The van der Waals surface area contributed by atoms with Gasteiger partial charge in [-0.15, -0.1) is 0 Å². The topological polar surface area (TPSA) is 0 Å². The summed E-state index contributed by atoms with van der Waals surface area (Å²) in [7, 11) is 0. The van der Waals surface area contributed by atoms with E-state index in [4.69, 9.17) is 0 Å². The van der Waals surface area contributed by atoms with Crippen LogP contribution in [0.25, 0.3) is 0 Å². The van der Waals surface area contributed by atoms with Gasteiger partial charge in [0.15, 0.2) is 0 Å². The van der Waals surface area contributed by atoms with Crippen molar-refractivity contribution in [1.82, 2.24) is 0 Å². The summed E-state index contributed by atoms with van der Waals surface area (Å²) in [5.74, 6) is 4.17. The highest BCUT2D eigenvalue weighted by atomic mass is 19.2. The summed E-state index contributed by atoms with van der Waals surface area (Å²) in [6.45, 7) is 2.44. The Bertz CT molecular complexity index is 317. The predicted octanol–water partition coefficient (Wildman–Crippen LogP) is 5.71. The van der Waals surface area contributed by atoms with Crippen LogP contribution in [0, 0.1) is 29.6 Å². The van der Waals surface area contributed by atoms with E-state index in [-0.39, 0.29) is 0 Å². The summed E-state index contributed by atoms with van der Waals surface area (Å²) in [5, 5.41) is 0. The van der Waals surface area contributed by atoms with Gasteiger partial charge in [-0.25, -0.2) is 8.78 Å². The minimum Gasteiger partial charge on any atom is -0.244 e. The highest BCUT2D eigenvalue weighted by Crippen LogP contribution is 2.46. The fourth-order valence-corrected chi connectivity index (χ4v) is 5.26. The van der Waals surface area contributed by atoms with Gasteiger partial charge in [0.05, 0.1) is 0 Å². The smallest absolute Gasteiger partial charge is 0.131 e. The van der Waals surface area contributed by atoms with E-state index in [1.54, 1.807) is 0 Å². The molecule has 0 aromatic rings. The summed E-state index contributed by atoms with van der Waals surface area (Å²) in [6.07, 6.45) is 9.08. The average molecular weight is 284 g/mol. The van der Waals surface area contributed by atoms with Crippen molar-refractivity contribution >= 4 is 0 Å². The summed E-state index contributed by atoms with van der Waals surface area (Å²) < 4.78 is 26.6. The molecule has 4 saturated carbocycles. The van der Waals surface area contributed by atoms with Crippen LogP contribution in [0.5, 0.6) is 0 Å². The third kappa shape index (κ3) is 3.36. The molecule has 0 heterocycles. The van der Waals surface area contributed by atoms with Crippen molar-refractivity contribution in [3.8, 4) is 0 Å². The Morgan fingerprint density at radius 2 is 1.55 bits per heavy atom. The highest BCUT2D eigenvalue weighted by Gasteiger charge is 2.36. The lowest BCUT2D eigenvalue weighted by Crippen LogP contribution is -2.27. The van der Waals surface area contributed by atoms with Crippen LogP contribution in [0.2, 0.25) is 0 Å². The third-order valence-corrected chi connectivity index (χ3v) is 6.54. The molecule has 0 nitrogen and oxygen atoms in total. The first kappa shape index (κ1) is 14.8. The standard InChI is InChI=1S/C18H30F2/c1-12-8-14-4-6-16(12)10-15(9-14)3-2-13-5-7-17(19)18(20)11-13/h12-18H,2-11H2,1H3/t12?,13?,14-,15?,16?,17?,18?/m0/s1. The Kier molecular flexibility index (Phi) is 4.67. The minimum absolute atomic E-state index is 0.454. The Labute approximate surface area is 122 Å². The summed E-state index contributed by atoms with van der Waals surface area (Å²) in [6, 6.07) is 0. The summed E-state index contributed by atoms with van der Waals surface area (Å²) >= 11 is 0. The second kappa shape index (κ2) is 6.32. The highest BCUT2D eigenvalue weighted by molar-refractivity contribution is 4.87. The molecule has 0 spiro atoms. The number of hydrogen-bond acceptors (Lipinski definition) is 0. The van der Waals surface area contributed by atoms with Gasteiger partial charge in [-0.3, -0.25) is 0 Å². The van der Waals surface area contributed by atoms with Gasteiger partial charge in [0.1, 0.15) is 12.3 Å². The fraction of sp³-hybridized carbons (Fsp3) is 1.00. The second-order valence-corrected chi connectivity index (χ2v) is 8.04. The van der Waals surface area contributed by atoms with Crippen LogP contribution in [0.15, 0.2) is 0 Å². The van der Waals surface area contributed by atoms with Crippen LogP contribution < -0.4 is 0 Å². The van der Waals surface area contributed by atoms with Crippen LogP contribution in [0.4, 0.5) is 8.78 Å². The molecule has 7 atom stereocenters. The van der Waals surface area contributed by atoms with E-state index >= 15 is 0 Å². The van der Waals surface area contributed by atoms with E-state index in [0.717, 1.165) is 36.5 Å². The zero-order valence-electron chi connectivity index (χ0n) is 12.9. The van der Waals surface area contributed by atoms with Gasteiger partial charge in [0.25, 0.3) is 0 Å². The van der Waals surface area contributed by atoms with E-state index in [2.05, 4.69) is 6.92 Å². The number of hydrogen-bond donors (Lipinski definition) is 0. The Morgan fingerprint density at radius 3 is 2.30 bits per heavy atom. The van der Waals surface area contributed by atoms with Gasteiger partial charge in [-0.05, 0) is 74.5 Å². The van der Waals surface area contributed by atoms with Crippen molar-refractivity contribution in [2.24, 2.45) is 29.6 Å². The lowest BCUT2D eigenvalue weighted by Gasteiger charge is -2.29. The molecular formula is C18H30F2. The Morgan fingerprint density at radius 1 is 0.750 bits per heavy atom. The second-order valence-electron chi connectivity index (χ2n) is 8.04. The molecule has 0 N–H and O–H groups in total. The molecule has 0 amide bonds. The van der Waals surface area contributed by atoms with Gasteiger partial charge in [-0.1, -0.05) is 26.2 Å². The molecule has 0 aromatic carbocycles. The van der Waals surface area contributed by atoms with Gasteiger partial charge in [-0.2, -0.15) is 0 Å². The molecule has 4 aliphatic rings. The maximum Gasteiger partial charge on any atom is 0.131 e. The number of fused-ring (bicyclic) bond motifs is 4. The molecule has 4 fully saturated rings. The zero-order valence-corrected chi connectivity index (χ0v) is 12.9. The number of rotatable bonds is 3. The average Bonchev–Trinajstić information content (AvgIpc) is 2.70. The van der Waals surface area contributed by atoms with Gasteiger partial charge in [0.2, 0.25) is 0 Å². The van der Waals surface area contributed by atoms with E-state index in [9.17, 15) is 8.78 Å². The first-order valence-electron chi connectivity index (χ1n) is 8.90. The molecule has 20 heavy (non-hydrogen) atoms. The molecule has 2 bridgehead atoms. The maximum atomic E-state index is 13.5. The van der Waals surface area contributed by atoms with Crippen LogP contribution >= 0.6 is 0 Å². The van der Waals surface area contributed by atoms with E-state index in [0.29, 0.717) is 18.8 Å². The molecule has 4 rings (SSSR count). The lowest BCUT2D eigenvalue weighted by atomic mass is 9.76. The molecular weight excluding hydrogens is 254 g/mol. The minimum atomic E-state index is -1.18. The van der Waals surface area contributed by atoms with E-state index in [1.807, 2.05) is 0 Å². The lowest BCUT2D eigenvalue weighted by molar-refractivity contribution is 0.0839. The molecule has 0 radical (unpaired) electrons. The van der Waals surface area contributed by atoms with Crippen molar-refractivity contribution in [2.45, 2.75) is 83.5 Å². The van der Waals surface area contributed by atoms with Crippen molar-refractivity contribution < 1.29 is 8.78 Å². The van der Waals surface area contributed by atoms with Crippen LogP contribution in [-0.2, 0) is 0 Å². The Hall–Kier alpha value is -0.140. The van der Waals surface area contributed by atoms with Gasteiger partial charge < -0.3 is 0 Å². The van der Waals surface area contributed by atoms with Crippen LogP contribution in [0.3, 0.4) is 0 Å². The number of alkyl halides is 2. The van der Waals surface area contributed by atoms with Crippen LogP contribution in [-0.4, -0.2) is 12.3 Å². The molecule has 4 aliphatic carbocycles. The first-order chi connectivity index (χ1) is 9.61. The largest absolute Gasteiger partial charge is 0.244 e. The van der Waals surface area contributed by atoms with Crippen LogP contribution in [0.1, 0.15) is 71.1 Å². The quantitative estimate of drug-likeness (QED) is 0.623. The molecule has 6 unspecified atom stereocenters. The first-order valence-corrected chi connectivity index (χ1v) is 8.90. The molecule has 0 aliphatic heterocycles. The van der Waals surface area contributed by atoms with Gasteiger partial charge >= 0.3 is 0 Å². The van der Waals surface area contributed by atoms with E-state index < -0.39 is 12.3 Å². The van der Waals surface area contributed by atoms with E-state index in [1.165, 1.54) is 38.5 Å². The molecule has 2 heteroatoms. The van der Waals surface area contributed by atoms with Crippen molar-refractivity contribution in [1.29, 1.82) is 0 Å². The van der Waals surface area contributed by atoms with Crippen molar-refractivity contribution in [2.75, 3.05) is 0 Å². The molecule has 0 saturated heterocycles. The SMILES string of the molecule is CC1C[C@@H]2CCC1CC(CCC1CCC(F)C(F)C1)C2.